The minimum atomic E-state index is -2.04. The van der Waals surface area contributed by atoms with Gasteiger partial charge in [-0.2, -0.15) is 0 Å². The second-order valence-corrected chi connectivity index (χ2v) is 58.8. The number of ether oxygens (including phenoxy) is 1. The van der Waals surface area contributed by atoms with Crippen LogP contribution in [-0.4, -0.2) is 103 Å². The number of halogens is 15. The monoisotopic (exact) mass is 2560 g/mol. The number of amides is 2. The minimum absolute atomic E-state index is 0.111. The number of nitrogens with two attached hydrogens (primary N) is 1. The van der Waals surface area contributed by atoms with Crippen LogP contribution in [0.2, 0.25) is 65.0 Å². The Bertz CT molecular complexity index is 5980. The quantitative estimate of drug-likeness (QED) is 0.0268. The van der Waals surface area contributed by atoms with Gasteiger partial charge in [0, 0.05) is 109 Å². The topological polar surface area (TPSA) is 219 Å². The summed E-state index contributed by atoms with van der Waals surface area (Å²) in [6.07, 6.45) is 5.91. The van der Waals surface area contributed by atoms with Gasteiger partial charge in [-0.05, 0) is 221 Å². The van der Waals surface area contributed by atoms with Crippen LogP contribution in [0.3, 0.4) is 0 Å². The van der Waals surface area contributed by atoms with E-state index in [0.29, 0.717) is 138 Å². The first kappa shape index (κ1) is 99.3. The summed E-state index contributed by atoms with van der Waals surface area (Å²) >= 11 is 76.0. The van der Waals surface area contributed by atoms with E-state index in [2.05, 4.69) is 150 Å². The van der Waals surface area contributed by atoms with Crippen LogP contribution in [0.25, 0.3) is 79.9 Å². The van der Waals surface area contributed by atoms with Gasteiger partial charge in [0.1, 0.15) is 15.6 Å². The average molecular weight is 2560 g/mol. The van der Waals surface area contributed by atoms with E-state index in [0.717, 1.165) is 118 Å². The number of hydrogen-bond donors (Lipinski definition) is 5. The van der Waals surface area contributed by atoms with Crippen molar-refractivity contribution >= 4 is 377 Å². The predicted molar refractivity (Wildman–Crippen MR) is 547 cm³/mol. The van der Waals surface area contributed by atoms with Crippen LogP contribution >= 0.6 is 286 Å². The fraction of sp³-hybridized carbons (Fsp3) is 0.185. The van der Waals surface area contributed by atoms with Gasteiger partial charge in [0.25, 0.3) is 5.91 Å². The molecule has 120 heavy (non-hydrogen) atoms. The van der Waals surface area contributed by atoms with Crippen molar-refractivity contribution in [2.24, 2.45) is 21.6 Å². The van der Waals surface area contributed by atoms with Gasteiger partial charge in [0.15, 0.2) is 0 Å². The third-order valence-electron chi connectivity index (χ3n) is 16.9. The molecule has 5 aromatic carbocycles. The van der Waals surface area contributed by atoms with E-state index in [1.807, 2.05) is 57.3 Å². The molecule has 3 aliphatic rings. The molecule has 0 bridgehead atoms. The Morgan fingerprint density at radius 3 is 1.31 bits per heavy atom. The van der Waals surface area contributed by atoms with Crippen molar-refractivity contribution in [1.29, 1.82) is 0 Å². The molecule has 0 spiro atoms. The zero-order chi connectivity index (χ0) is 87.7. The number of pyridine rings is 1. The molecule has 11 aromatic rings. The first-order valence-electron chi connectivity index (χ1n) is 34.9. The van der Waals surface area contributed by atoms with Crippen LogP contribution < -0.4 is 25.3 Å². The third-order valence-corrected chi connectivity index (χ3v) is 36.2. The van der Waals surface area contributed by atoms with Crippen LogP contribution in [0.15, 0.2) is 119 Å². The number of aromatic nitrogens is 1. The standard InChI is InChI=1S/C15H9Cl2IN2S.C14H10Cl2IN3OS.C14H8Cl2IN3S.C14H8Cl2INO2S.C12H4Cl2INO2S.C9H9N2O.3CH3.Sn/c1-19-13-12(9-5-4-8(16)7-10(9)17)14(21-15(13)18)11-3-2-6-20-11;1-19-11-10(8-3-2-7(15)6-9(8)16)12(22-13(11)17)14(21)20-5-4-18;1-18-11-10(8-3-2-7(15)6-9(8)16)12(21-13(11)17)14-19-4-5-20-14;1-3-20-14(19)12-10(11(18-2)13(17)21-12)8-5-4-7(15)6-9(8)16;1-16-9-8(10(12(17)18)19-11(9)15)6-3-2-5(13)4-7(6)14;12-9(7-4-5-7)11-8-3-1-2-6-10-8;;;;/h4-5,7H,2-3,6H2;2-3,6H,4-5,18H2,(H,20,21);2-3,6H,4-5H2,(H,19,20);4-6H,3H2,1H3;2-4H,(H,17,18);2-3,6-7H,4-5H2,(H,10,11,12);3*1H3;. The average Bonchev–Trinajstić information content (AvgIpc) is 1.56. The van der Waals surface area contributed by atoms with Gasteiger partial charge in [0.05, 0.1) is 75.9 Å². The molecule has 0 saturated heterocycles. The Hall–Kier alpha value is -4.47. The molecule has 616 valence electrons. The first-order chi connectivity index (χ1) is 57.1. The molecule has 18 nitrogen and oxygen atoms in total. The van der Waals surface area contributed by atoms with Gasteiger partial charge >= 0.3 is 113 Å². The van der Waals surface area contributed by atoms with Crippen LogP contribution in [0.5, 0.6) is 0 Å². The molecule has 0 radical (unpaired) electrons. The van der Waals surface area contributed by atoms with Gasteiger partial charge in [-0.1, -0.05) is 146 Å². The summed E-state index contributed by atoms with van der Waals surface area (Å²) in [4.78, 5) is 88.5. The van der Waals surface area contributed by atoms with Crippen molar-refractivity contribution in [2.75, 3.05) is 44.6 Å². The zero-order valence-corrected chi connectivity index (χ0v) is 87.7. The predicted octanol–water partition coefficient (Wildman–Crippen LogP) is 29.9. The molecule has 6 N–H and O–H groups in total. The molecule has 2 amide bonds. The number of aromatic carboxylic acids is 1. The Balaban J connectivity index is 0.000000164. The Labute approximate surface area is 834 Å². The maximum atomic E-state index is 12.3. The van der Waals surface area contributed by atoms with Gasteiger partial charge in [-0.15, -0.1) is 56.7 Å². The van der Waals surface area contributed by atoms with Gasteiger partial charge in [0.2, 0.25) is 28.4 Å². The Kier molecular flexibility index (Phi) is 38.3. The summed E-state index contributed by atoms with van der Waals surface area (Å²) in [6, 6.07) is 29.6. The molecule has 14 rings (SSSR count). The molecule has 1 fully saturated rings. The number of carbonyl (C=O) groups excluding carboxylic acids is 3. The fourth-order valence-electron chi connectivity index (χ4n) is 11.3. The van der Waals surface area contributed by atoms with Crippen molar-refractivity contribution < 1.29 is 29.0 Å². The Morgan fingerprint density at radius 1 is 0.542 bits per heavy atom. The Morgan fingerprint density at radius 2 is 0.933 bits per heavy atom. The van der Waals surface area contributed by atoms with Crippen LogP contribution in [0, 0.1) is 53.2 Å². The molecule has 8 heterocycles. The number of benzene rings is 5. The van der Waals surface area contributed by atoms with Gasteiger partial charge in [-0.3, -0.25) is 14.8 Å². The van der Waals surface area contributed by atoms with E-state index in [1.54, 1.807) is 109 Å². The molecule has 2 aliphatic heterocycles. The molecule has 39 heteroatoms. The van der Waals surface area contributed by atoms with Crippen LogP contribution in [0.1, 0.15) is 71.4 Å². The maximum absolute atomic E-state index is 12.3. The van der Waals surface area contributed by atoms with E-state index in [1.165, 1.54) is 32.3 Å². The third kappa shape index (κ3) is 25.3. The van der Waals surface area contributed by atoms with Crippen molar-refractivity contribution in [1.82, 2.24) is 15.6 Å². The van der Waals surface area contributed by atoms with E-state index in [-0.39, 0.29) is 29.2 Å². The number of amidine groups is 1. The number of nitrogens with one attached hydrogen (secondary N) is 3. The van der Waals surface area contributed by atoms with Crippen molar-refractivity contribution in [2.45, 2.75) is 47.4 Å². The summed E-state index contributed by atoms with van der Waals surface area (Å²) in [5.74, 6) is 0.159. The molecular formula is C81H57Cl10I5N12O6S5Sn. The first-order valence-corrected chi connectivity index (χ1v) is 58.1. The van der Waals surface area contributed by atoms with Crippen molar-refractivity contribution in [3.05, 3.63) is 255 Å². The summed E-state index contributed by atoms with van der Waals surface area (Å²) in [5.41, 5.74) is 15.5. The molecule has 1 aliphatic carbocycles. The molecule has 0 unspecified atom stereocenters. The zero-order valence-electron chi connectivity index (χ0n) is 62.4. The second kappa shape index (κ2) is 46.3. The van der Waals surface area contributed by atoms with Gasteiger partial charge < -0.3 is 26.2 Å². The van der Waals surface area contributed by atoms with Crippen LogP contribution in [0.4, 0.5) is 34.3 Å². The summed E-state index contributed by atoms with van der Waals surface area (Å²) in [5, 5.41) is 23.0. The van der Waals surface area contributed by atoms with Gasteiger partial charge in [-0.25, -0.2) is 33.8 Å². The number of hydrogen-bond acceptors (Lipinski definition) is 15. The van der Waals surface area contributed by atoms with E-state index >= 15 is 0 Å². The number of thiophene rings is 5. The number of carboxylic acids is 1. The van der Waals surface area contributed by atoms with Crippen molar-refractivity contribution in [3.8, 4) is 55.6 Å². The molecule has 6 aromatic heterocycles. The fourth-order valence-corrected chi connectivity index (χ4v) is 26.9. The molecule has 0 atom stereocenters. The number of carboxylic acid groups (broad SMARTS) is 1. The number of anilines is 1. The SMILES string of the molecule is [C-]#[N+]c1c(I)sc(C(=O)NCCN)c1-c1ccc(Cl)cc1Cl.[C-]#[N+]c1c(I)sc(C(=O)O)c1-c1ccc(Cl)cc1Cl.[C-]#[N+]c1c(I)sc(C(=O)OCC)c1-c1ccc(Cl)cc1Cl.[C-]#[N+]c1c(I)sc(C2=NCCC2)c1-c1ccc(Cl)cc1Cl.[C-]#[N+]c1c(I)sc(C2=NCCN2)c1-c1ccc(Cl)cc1Cl.[CH3][Sn]([CH3])([CH3])[c]1ccnc(NC(=O)C2CC2)c1. The summed E-state index contributed by atoms with van der Waals surface area (Å²) in [7, 11) is 0. The van der Waals surface area contributed by atoms with Crippen molar-refractivity contribution in [3.63, 3.8) is 0 Å². The summed E-state index contributed by atoms with van der Waals surface area (Å²) in [6.45, 7) is 42.1. The number of rotatable bonds is 16. The number of aliphatic imine (C=N–C) groups is 2. The summed E-state index contributed by atoms with van der Waals surface area (Å²) < 4.78 is 10.5. The number of nitrogens with zero attached hydrogens (tertiary/aromatic N) is 8. The van der Waals surface area contributed by atoms with E-state index < -0.39 is 30.3 Å². The number of esters is 1. The van der Waals surface area contributed by atoms with E-state index in [9.17, 15) is 24.3 Å². The second-order valence-electron chi connectivity index (χ2n) is 25.9. The number of carbonyl (C=O) groups is 4. The van der Waals surface area contributed by atoms with Crippen LogP contribution in [-0.2, 0) is 9.53 Å². The molecule has 1 saturated carbocycles. The van der Waals surface area contributed by atoms with E-state index in [4.69, 9.17) is 159 Å². The molecular weight excluding hydrogens is 2510 g/mol. The normalized spacial score (nSPS) is 12.3.